The summed E-state index contributed by atoms with van der Waals surface area (Å²) in [6, 6.07) is 0. The molecule has 0 aromatic carbocycles. The SMILES string of the molecule is CN1CCC(OCC2(CC3CCCCC3)N=C(N)N(C)C2O)C1. The van der Waals surface area contributed by atoms with Crippen molar-refractivity contribution in [3.05, 3.63) is 0 Å². The first kappa shape index (κ1) is 17.0. The molecule has 0 bridgehead atoms. The summed E-state index contributed by atoms with van der Waals surface area (Å²) in [4.78, 5) is 8.66. The van der Waals surface area contributed by atoms with Crippen LogP contribution in [0.4, 0.5) is 0 Å². The van der Waals surface area contributed by atoms with Gasteiger partial charge in [-0.05, 0) is 25.8 Å². The number of rotatable bonds is 5. The van der Waals surface area contributed by atoms with Crippen LogP contribution in [0.15, 0.2) is 4.99 Å². The van der Waals surface area contributed by atoms with Crippen LogP contribution in [0.1, 0.15) is 44.9 Å². The van der Waals surface area contributed by atoms with Crippen LogP contribution in [0.25, 0.3) is 0 Å². The van der Waals surface area contributed by atoms with Crippen molar-refractivity contribution < 1.29 is 9.84 Å². The van der Waals surface area contributed by atoms with E-state index in [0.29, 0.717) is 18.5 Å². The lowest BCUT2D eigenvalue weighted by molar-refractivity contribution is -0.0569. The molecule has 0 amide bonds. The van der Waals surface area contributed by atoms with Crippen molar-refractivity contribution in [2.24, 2.45) is 16.6 Å². The predicted octanol–water partition coefficient (Wildman–Crippen LogP) is 0.995. The molecule has 3 aliphatic rings. The monoisotopic (exact) mass is 324 g/mol. The van der Waals surface area contributed by atoms with E-state index in [0.717, 1.165) is 25.9 Å². The summed E-state index contributed by atoms with van der Waals surface area (Å²) in [6.45, 7) is 2.51. The second-order valence-corrected chi connectivity index (χ2v) is 7.75. The number of aliphatic imine (C=N–C) groups is 1. The summed E-state index contributed by atoms with van der Waals surface area (Å²) in [6.07, 6.45) is 7.90. The number of likely N-dealkylation sites (tertiary alicyclic amines) is 1. The standard InChI is InChI=1S/C17H32N4O2/c1-20-9-8-14(11-20)23-12-17(10-13-6-4-3-5-7-13)15(22)21(2)16(18)19-17/h13-15,22H,3-12H2,1-2H3,(H2,18,19). The molecule has 0 aromatic heterocycles. The quantitative estimate of drug-likeness (QED) is 0.789. The molecular weight excluding hydrogens is 292 g/mol. The van der Waals surface area contributed by atoms with E-state index in [-0.39, 0.29) is 6.10 Å². The third kappa shape index (κ3) is 3.64. The smallest absolute Gasteiger partial charge is 0.193 e. The number of guanidine groups is 1. The van der Waals surface area contributed by atoms with Gasteiger partial charge in [0.2, 0.25) is 0 Å². The van der Waals surface area contributed by atoms with Crippen LogP contribution < -0.4 is 5.73 Å². The topological polar surface area (TPSA) is 74.3 Å². The van der Waals surface area contributed by atoms with Crippen LogP contribution >= 0.6 is 0 Å². The van der Waals surface area contributed by atoms with Crippen LogP contribution in [0, 0.1) is 5.92 Å². The normalized spacial score (nSPS) is 36.7. The van der Waals surface area contributed by atoms with Crippen molar-refractivity contribution in [1.82, 2.24) is 9.80 Å². The van der Waals surface area contributed by atoms with Crippen LogP contribution in [-0.2, 0) is 4.74 Å². The van der Waals surface area contributed by atoms with Crippen molar-refractivity contribution in [2.45, 2.75) is 62.8 Å². The van der Waals surface area contributed by atoms with E-state index in [1.165, 1.54) is 32.1 Å². The van der Waals surface area contributed by atoms with Gasteiger partial charge in [-0.25, -0.2) is 4.99 Å². The number of hydrogen-bond donors (Lipinski definition) is 2. The highest BCUT2D eigenvalue weighted by Crippen LogP contribution is 2.38. The zero-order valence-electron chi connectivity index (χ0n) is 14.6. The van der Waals surface area contributed by atoms with Gasteiger partial charge in [0.1, 0.15) is 5.54 Å². The molecule has 23 heavy (non-hydrogen) atoms. The molecule has 3 rings (SSSR count). The maximum absolute atomic E-state index is 10.8. The third-order valence-corrected chi connectivity index (χ3v) is 5.83. The van der Waals surface area contributed by atoms with Crippen molar-refractivity contribution in [2.75, 3.05) is 33.8 Å². The van der Waals surface area contributed by atoms with E-state index < -0.39 is 11.8 Å². The number of nitrogens with zero attached hydrogens (tertiary/aromatic N) is 3. The fourth-order valence-corrected chi connectivity index (χ4v) is 4.35. The Bertz CT molecular complexity index is 438. The van der Waals surface area contributed by atoms with Gasteiger partial charge in [-0.1, -0.05) is 32.1 Å². The molecule has 2 heterocycles. The lowest BCUT2D eigenvalue weighted by atomic mass is 9.79. The van der Waals surface area contributed by atoms with Gasteiger partial charge in [0.15, 0.2) is 12.2 Å². The second-order valence-electron chi connectivity index (χ2n) is 7.75. The molecule has 3 N–H and O–H groups in total. The Morgan fingerprint density at radius 1 is 1.26 bits per heavy atom. The van der Waals surface area contributed by atoms with Crippen LogP contribution in [0.5, 0.6) is 0 Å². The van der Waals surface area contributed by atoms with E-state index >= 15 is 0 Å². The summed E-state index contributed by atoms with van der Waals surface area (Å²) >= 11 is 0. The van der Waals surface area contributed by atoms with Gasteiger partial charge in [0, 0.05) is 20.1 Å². The Morgan fingerprint density at radius 2 is 2.00 bits per heavy atom. The van der Waals surface area contributed by atoms with Crippen LogP contribution in [0.2, 0.25) is 0 Å². The number of hydrogen-bond acceptors (Lipinski definition) is 6. The molecule has 0 aromatic rings. The maximum Gasteiger partial charge on any atom is 0.193 e. The minimum Gasteiger partial charge on any atom is -0.374 e. The minimum absolute atomic E-state index is 0.248. The van der Waals surface area contributed by atoms with Crippen molar-refractivity contribution in [3.8, 4) is 0 Å². The molecule has 2 fully saturated rings. The predicted molar refractivity (Wildman–Crippen MR) is 91.2 cm³/mol. The first-order valence-corrected chi connectivity index (χ1v) is 9.06. The van der Waals surface area contributed by atoms with Crippen LogP contribution in [-0.4, -0.2) is 72.5 Å². The first-order chi connectivity index (χ1) is 11.0. The van der Waals surface area contributed by atoms with Crippen molar-refractivity contribution in [3.63, 3.8) is 0 Å². The summed E-state index contributed by atoms with van der Waals surface area (Å²) in [5.41, 5.74) is 5.41. The molecule has 6 heteroatoms. The Balaban J connectivity index is 1.68. The number of aliphatic hydroxyl groups excluding tert-OH is 1. The van der Waals surface area contributed by atoms with Gasteiger partial charge in [0.25, 0.3) is 0 Å². The van der Waals surface area contributed by atoms with Gasteiger partial charge in [-0.15, -0.1) is 0 Å². The largest absolute Gasteiger partial charge is 0.374 e. The zero-order valence-corrected chi connectivity index (χ0v) is 14.6. The minimum atomic E-state index is -0.677. The Kier molecular flexibility index (Phi) is 5.13. The molecular formula is C17H32N4O2. The average Bonchev–Trinajstić information content (AvgIpc) is 3.05. The fourth-order valence-electron chi connectivity index (χ4n) is 4.35. The van der Waals surface area contributed by atoms with Gasteiger partial charge < -0.3 is 25.4 Å². The van der Waals surface area contributed by atoms with E-state index in [1.807, 2.05) is 7.05 Å². The Labute approximate surface area is 139 Å². The lowest BCUT2D eigenvalue weighted by Crippen LogP contribution is -2.50. The third-order valence-electron chi connectivity index (χ3n) is 5.83. The second kappa shape index (κ2) is 6.95. The van der Waals surface area contributed by atoms with Crippen molar-refractivity contribution >= 4 is 5.96 Å². The highest BCUT2D eigenvalue weighted by molar-refractivity contribution is 5.80. The highest BCUT2D eigenvalue weighted by Gasteiger charge is 2.48. The van der Waals surface area contributed by atoms with E-state index in [1.54, 1.807) is 4.90 Å². The number of likely N-dealkylation sites (N-methyl/N-ethyl adjacent to an activating group) is 2. The molecule has 0 spiro atoms. The lowest BCUT2D eigenvalue weighted by Gasteiger charge is -2.36. The van der Waals surface area contributed by atoms with Crippen molar-refractivity contribution in [1.29, 1.82) is 0 Å². The molecule has 132 valence electrons. The molecule has 1 saturated heterocycles. The molecule has 1 saturated carbocycles. The average molecular weight is 324 g/mol. The number of nitrogens with two attached hydrogens (primary N) is 1. The maximum atomic E-state index is 10.8. The molecule has 1 aliphatic carbocycles. The highest BCUT2D eigenvalue weighted by atomic mass is 16.5. The van der Waals surface area contributed by atoms with Gasteiger partial charge >= 0.3 is 0 Å². The van der Waals surface area contributed by atoms with Crippen LogP contribution in [0.3, 0.4) is 0 Å². The van der Waals surface area contributed by atoms with Gasteiger partial charge in [-0.2, -0.15) is 0 Å². The molecule has 6 nitrogen and oxygen atoms in total. The fraction of sp³-hybridized carbons (Fsp3) is 0.941. The molecule has 3 atom stereocenters. The number of aliphatic hydroxyl groups is 1. The Hall–Kier alpha value is -0.850. The van der Waals surface area contributed by atoms with Gasteiger partial charge in [-0.3, -0.25) is 0 Å². The summed E-state index contributed by atoms with van der Waals surface area (Å²) in [5.74, 6) is 1.05. The first-order valence-electron chi connectivity index (χ1n) is 9.06. The summed E-state index contributed by atoms with van der Waals surface area (Å²) < 4.78 is 6.18. The molecule has 0 radical (unpaired) electrons. The molecule has 2 aliphatic heterocycles. The van der Waals surface area contributed by atoms with E-state index in [9.17, 15) is 5.11 Å². The molecule has 3 unspecified atom stereocenters. The van der Waals surface area contributed by atoms with E-state index in [4.69, 9.17) is 10.5 Å². The summed E-state index contributed by atoms with van der Waals surface area (Å²) in [7, 11) is 3.94. The Morgan fingerprint density at radius 3 is 2.57 bits per heavy atom. The summed E-state index contributed by atoms with van der Waals surface area (Å²) in [5, 5.41) is 10.8. The number of ether oxygens (including phenoxy) is 1. The zero-order chi connectivity index (χ0) is 16.4. The van der Waals surface area contributed by atoms with Gasteiger partial charge in [0.05, 0.1) is 12.7 Å². The van der Waals surface area contributed by atoms with E-state index in [2.05, 4.69) is 16.9 Å².